The van der Waals surface area contributed by atoms with Crippen LogP contribution in [0.2, 0.25) is 5.02 Å². The van der Waals surface area contributed by atoms with Crippen LogP contribution in [-0.4, -0.2) is 24.3 Å². The minimum absolute atomic E-state index is 0.113. The Kier molecular flexibility index (Phi) is 3.50. The maximum Gasteiger partial charge on any atom is 0.245 e. The lowest BCUT2D eigenvalue weighted by atomic mass is 9.98. The van der Waals surface area contributed by atoms with Crippen molar-refractivity contribution in [2.24, 2.45) is 0 Å². The van der Waals surface area contributed by atoms with E-state index in [1.807, 2.05) is 12.1 Å². The van der Waals surface area contributed by atoms with Crippen molar-refractivity contribution < 1.29 is 8.42 Å². The monoisotopic (exact) mass is 308 g/mol. The third kappa shape index (κ3) is 2.32. The lowest BCUT2D eigenvalue weighted by Crippen LogP contribution is -2.44. The molecule has 1 aliphatic rings. The van der Waals surface area contributed by atoms with Crippen molar-refractivity contribution in [3.8, 4) is 0 Å². The van der Waals surface area contributed by atoms with Crippen LogP contribution in [0.4, 0.5) is 0 Å². The quantitative estimate of drug-likeness (QED) is 0.876. The number of halogens is 1. The first-order valence-electron chi connectivity index (χ1n) is 6.26. The van der Waals surface area contributed by atoms with Gasteiger partial charge in [-0.05, 0) is 36.2 Å². The predicted molar refractivity (Wildman–Crippen MR) is 76.9 cm³/mol. The first kappa shape index (κ1) is 13.5. The van der Waals surface area contributed by atoms with E-state index < -0.39 is 10.0 Å². The van der Waals surface area contributed by atoms with Crippen LogP contribution in [-0.2, 0) is 10.0 Å². The molecule has 1 aromatic carbocycles. The molecule has 2 aromatic rings. The van der Waals surface area contributed by atoms with Crippen molar-refractivity contribution in [1.29, 1.82) is 0 Å². The van der Waals surface area contributed by atoms with Gasteiger partial charge in [0.1, 0.15) is 4.90 Å². The average Bonchev–Trinajstić information content (AvgIpc) is 2.40. The van der Waals surface area contributed by atoms with E-state index in [1.54, 1.807) is 30.5 Å². The summed E-state index contributed by atoms with van der Waals surface area (Å²) >= 11 is 5.86. The Morgan fingerprint density at radius 3 is 2.50 bits per heavy atom. The second-order valence-electron chi connectivity index (χ2n) is 4.66. The normalized spacial score (nSPS) is 19.6. The summed E-state index contributed by atoms with van der Waals surface area (Å²) in [5.74, 6) is 0. The van der Waals surface area contributed by atoms with Gasteiger partial charge in [-0.15, -0.1) is 0 Å². The highest BCUT2D eigenvalue weighted by Crippen LogP contribution is 2.38. The Balaban J connectivity index is 1.90. The molecule has 0 N–H and O–H groups in total. The zero-order chi connectivity index (χ0) is 14.2. The number of nitrogens with zero attached hydrogens (tertiary/aromatic N) is 2. The molecule has 0 aliphatic carbocycles. The highest BCUT2D eigenvalue weighted by Gasteiger charge is 2.39. The molecule has 20 heavy (non-hydrogen) atoms. The summed E-state index contributed by atoms with van der Waals surface area (Å²) in [5, 5.41) is 0.648. The summed E-state index contributed by atoms with van der Waals surface area (Å²) in [4.78, 5) is 4.11. The minimum atomic E-state index is -3.47. The van der Waals surface area contributed by atoms with E-state index in [1.165, 1.54) is 10.5 Å². The average molecular weight is 309 g/mol. The third-order valence-corrected chi connectivity index (χ3v) is 5.61. The van der Waals surface area contributed by atoms with Crippen molar-refractivity contribution >= 4 is 21.6 Å². The SMILES string of the molecule is O=S(=O)(c1cccnc1)N1CCC1c1ccc(Cl)cc1. The van der Waals surface area contributed by atoms with Gasteiger partial charge in [0.2, 0.25) is 10.0 Å². The molecular weight excluding hydrogens is 296 g/mol. The second kappa shape index (κ2) is 5.16. The zero-order valence-electron chi connectivity index (χ0n) is 10.6. The molecule has 6 heteroatoms. The standard InChI is InChI=1S/C14H13ClN2O2S/c15-12-5-3-11(4-6-12)14-7-9-17(14)20(18,19)13-2-1-8-16-10-13/h1-6,8,10,14H,7,9H2. The highest BCUT2D eigenvalue weighted by atomic mass is 35.5. The molecular formula is C14H13ClN2O2S. The van der Waals surface area contributed by atoms with Gasteiger partial charge in [0, 0.05) is 24.0 Å². The molecule has 104 valence electrons. The van der Waals surface area contributed by atoms with Crippen LogP contribution in [0.15, 0.2) is 53.7 Å². The molecule has 1 aliphatic heterocycles. The number of pyridine rings is 1. The fourth-order valence-corrected chi connectivity index (χ4v) is 4.05. The lowest BCUT2D eigenvalue weighted by molar-refractivity contribution is 0.202. The van der Waals surface area contributed by atoms with Gasteiger partial charge in [-0.25, -0.2) is 8.42 Å². The Morgan fingerprint density at radius 2 is 1.95 bits per heavy atom. The van der Waals surface area contributed by atoms with Gasteiger partial charge >= 0.3 is 0 Å². The van der Waals surface area contributed by atoms with E-state index in [-0.39, 0.29) is 10.9 Å². The smallest absolute Gasteiger partial charge is 0.245 e. The Labute approximate surface area is 123 Å². The molecule has 1 unspecified atom stereocenters. The van der Waals surface area contributed by atoms with Crippen molar-refractivity contribution in [3.63, 3.8) is 0 Å². The summed E-state index contributed by atoms with van der Waals surface area (Å²) in [5.41, 5.74) is 0.966. The summed E-state index contributed by atoms with van der Waals surface area (Å²) < 4.78 is 26.6. The third-order valence-electron chi connectivity index (χ3n) is 3.47. The molecule has 0 spiro atoms. The Bertz CT molecular complexity index is 702. The van der Waals surface area contributed by atoms with Gasteiger partial charge in [-0.1, -0.05) is 23.7 Å². The number of benzene rings is 1. The van der Waals surface area contributed by atoms with Crippen LogP contribution in [0.1, 0.15) is 18.0 Å². The van der Waals surface area contributed by atoms with Crippen molar-refractivity contribution in [2.45, 2.75) is 17.4 Å². The van der Waals surface area contributed by atoms with E-state index in [2.05, 4.69) is 4.98 Å². The Morgan fingerprint density at radius 1 is 1.20 bits per heavy atom. The summed E-state index contributed by atoms with van der Waals surface area (Å²) in [6.07, 6.45) is 3.76. The largest absolute Gasteiger partial charge is 0.263 e. The fraction of sp³-hybridized carbons (Fsp3) is 0.214. The first-order valence-corrected chi connectivity index (χ1v) is 8.08. The minimum Gasteiger partial charge on any atom is -0.263 e. The highest BCUT2D eigenvalue weighted by molar-refractivity contribution is 7.89. The van der Waals surface area contributed by atoms with Crippen LogP contribution in [0.25, 0.3) is 0 Å². The number of hydrogen-bond acceptors (Lipinski definition) is 3. The second-order valence-corrected chi connectivity index (χ2v) is 6.99. The van der Waals surface area contributed by atoms with E-state index in [0.717, 1.165) is 12.0 Å². The fourth-order valence-electron chi connectivity index (χ4n) is 2.30. The van der Waals surface area contributed by atoms with Crippen molar-refractivity contribution in [2.75, 3.05) is 6.54 Å². The van der Waals surface area contributed by atoms with Gasteiger partial charge in [0.05, 0.1) is 6.04 Å². The van der Waals surface area contributed by atoms with Crippen LogP contribution >= 0.6 is 11.6 Å². The molecule has 0 radical (unpaired) electrons. The van der Waals surface area contributed by atoms with Crippen LogP contribution in [0, 0.1) is 0 Å². The van der Waals surface area contributed by atoms with Crippen LogP contribution < -0.4 is 0 Å². The van der Waals surface area contributed by atoms with Crippen molar-refractivity contribution in [1.82, 2.24) is 9.29 Å². The molecule has 0 bridgehead atoms. The maximum atomic E-state index is 12.5. The zero-order valence-corrected chi connectivity index (χ0v) is 12.2. The number of sulfonamides is 1. The molecule has 1 atom stereocenters. The van der Waals surface area contributed by atoms with Crippen LogP contribution in [0.3, 0.4) is 0 Å². The number of rotatable bonds is 3. The van der Waals surface area contributed by atoms with Crippen molar-refractivity contribution in [3.05, 3.63) is 59.4 Å². The first-order chi connectivity index (χ1) is 9.59. The molecule has 3 rings (SSSR count). The number of aromatic nitrogens is 1. The summed E-state index contributed by atoms with van der Waals surface area (Å²) in [6, 6.07) is 10.4. The molecule has 2 heterocycles. The van der Waals surface area contributed by atoms with E-state index in [4.69, 9.17) is 11.6 Å². The van der Waals surface area contributed by atoms with Gasteiger partial charge in [0.25, 0.3) is 0 Å². The molecule has 1 aromatic heterocycles. The molecule has 0 amide bonds. The van der Waals surface area contributed by atoms with Gasteiger partial charge in [-0.3, -0.25) is 4.98 Å². The van der Waals surface area contributed by atoms with E-state index >= 15 is 0 Å². The molecule has 1 saturated heterocycles. The van der Waals surface area contributed by atoms with Gasteiger partial charge in [-0.2, -0.15) is 4.31 Å². The van der Waals surface area contributed by atoms with Gasteiger partial charge < -0.3 is 0 Å². The van der Waals surface area contributed by atoms with E-state index in [0.29, 0.717) is 11.6 Å². The Hall–Kier alpha value is -1.43. The molecule has 1 fully saturated rings. The maximum absolute atomic E-state index is 12.5. The molecule has 0 saturated carbocycles. The summed E-state index contributed by atoms with van der Waals surface area (Å²) in [7, 11) is -3.47. The molecule has 4 nitrogen and oxygen atoms in total. The van der Waals surface area contributed by atoms with E-state index in [9.17, 15) is 8.42 Å². The lowest BCUT2D eigenvalue weighted by Gasteiger charge is -2.39. The van der Waals surface area contributed by atoms with Crippen LogP contribution in [0.5, 0.6) is 0 Å². The summed E-state index contributed by atoms with van der Waals surface area (Å²) in [6.45, 7) is 0.532. The predicted octanol–water partition coefficient (Wildman–Crippen LogP) is 2.87. The topological polar surface area (TPSA) is 50.3 Å². The van der Waals surface area contributed by atoms with Gasteiger partial charge in [0.15, 0.2) is 0 Å². The number of hydrogen-bond donors (Lipinski definition) is 0.